The Labute approximate surface area is 150 Å². The van der Waals surface area contributed by atoms with Crippen molar-refractivity contribution in [3.8, 4) is 11.3 Å². The summed E-state index contributed by atoms with van der Waals surface area (Å²) in [7, 11) is 2.23. The van der Waals surface area contributed by atoms with E-state index in [4.69, 9.17) is 0 Å². The lowest BCUT2D eigenvalue weighted by Gasteiger charge is -2.39. The molecular weight excluding hydrogens is 302 g/mol. The Hall–Kier alpha value is -2.15. The monoisotopic (exact) mass is 328 g/mol. The summed E-state index contributed by atoms with van der Waals surface area (Å²) in [5, 5.41) is 1.36. The molecule has 0 saturated heterocycles. The molecule has 1 nitrogen and oxygen atoms in total. The number of aryl methyl sites for hydroxylation is 3. The van der Waals surface area contributed by atoms with E-state index < -0.39 is 0 Å². The first-order valence-corrected chi connectivity index (χ1v) is 9.67. The number of aromatic nitrogens is 1. The first kappa shape index (κ1) is 15.1. The summed E-state index contributed by atoms with van der Waals surface area (Å²) in [6.45, 7) is 4.49. The van der Waals surface area contributed by atoms with Gasteiger partial charge in [0, 0.05) is 17.5 Å². The van der Waals surface area contributed by atoms with Gasteiger partial charge in [-0.25, -0.2) is 0 Å². The van der Waals surface area contributed by atoms with Gasteiger partial charge in [0.15, 0.2) is 0 Å². The molecule has 0 amide bonds. The first-order chi connectivity index (χ1) is 12.1. The topological polar surface area (TPSA) is 3.88 Å². The number of hydrogen-bond acceptors (Lipinski definition) is 0. The second-order valence-electron chi connectivity index (χ2n) is 8.09. The van der Waals surface area contributed by atoms with Crippen molar-refractivity contribution in [3.63, 3.8) is 0 Å². The zero-order valence-corrected chi connectivity index (χ0v) is 15.5. The third kappa shape index (κ3) is 2.11. The summed E-state index contributed by atoms with van der Waals surface area (Å²) in [5.41, 5.74) is 10.3. The molecule has 0 atom stereocenters. The van der Waals surface area contributed by atoms with Crippen molar-refractivity contribution in [2.45, 2.75) is 51.4 Å². The minimum Gasteiger partial charge on any atom is -0.194 e. The summed E-state index contributed by atoms with van der Waals surface area (Å²) in [5.74, 6) is 1.57. The molecule has 2 bridgehead atoms. The molecule has 0 radical (unpaired) electrons. The maximum absolute atomic E-state index is 2.43. The zero-order valence-electron chi connectivity index (χ0n) is 15.5. The van der Waals surface area contributed by atoms with Gasteiger partial charge in [-0.15, -0.1) is 0 Å². The number of fused-ring (bicyclic) bond motifs is 3. The van der Waals surface area contributed by atoms with E-state index in [-0.39, 0.29) is 0 Å². The van der Waals surface area contributed by atoms with Crippen LogP contribution in [-0.2, 0) is 7.05 Å². The van der Waals surface area contributed by atoms with E-state index in [0.29, 0.717) is 0 Å². The summed E-state index contributed by atoms with van der Waals surface area (Å²) < 4.78 is 2.41. The van der Waals surface area contributed by atoms with Crippen LogP contribution in [0.1, 0.15) is 59.8 Å². The van der Waals surface area contributed by atoms with Crippen LogP contribution < -0.4 is 4.57 Å². The molecule has 25 heavy (non-hydrogen) atoms. The maximum atomic E-state index is 2.43. The largest absolute Gasteiger partial charge is 0.213 e. The maximum Gasteiger partial charge on any atom is 0.213 e. The van der Waals surface area contributed by atoms with Crippen molar-refractivity contribution >= 4 is 10.9 Å². The van der Waals surface area contributed by atoms with E-state index in [9.17, 15) is 0 Å². The van der Waals surface area contributed by atoms with Gasteiger partial charge in [0.05, 0.1) is 5.56 Å². The van der Waals surface area contributed by atoms with Crippen molar-refractivity contribution in [1.29, 1.82) is 0 Å². The third-order valence-electron chi connectivity index (χ3n) is 6.75. The molecule has 0 N–H and O–H groups in total. The van der Waals surface area contributed by atoms with Crippen LogP contribution in [-0.4, -0.2) is 0 Å². The van der Waals surface area contributed by atoms with Crippen LogP contribution in [0.5, 0.6) is 0 Å². The molecule has 1 heteroatoms. The van der Waals surface area contributed by atoms with E-state index in [1.165, 1.54) is 59.0 Å². The number of benzene rings is 2. The van der Waals surface area contributed by atoms with E-state index in [0.717, 1.165) is 11.8 Å². The normalized spacial score (nSPS) is 21.6. The van der Waals surface area contributed by atoms with Crippen molar-refractivity contribution < 1.29 is 4.57 Å². The molecule has 1 fully saturated rings. The lowest BCUT2D eigenvalue weighted by atomic mass is 9.65. The Bertz CT molecular complexity index is 991. The molecule has 1 saturated carbocycles. The molecule has 3 aliphatic rings. The van der Waals surface area contributed by atoms with Crippen molar-refractivity contribution in [2.75, 3.05) is 0 Å². The summed E-state index contributed by atoms with van der Waals surface area (Å²) in [6, 6.07) is 16.1. The zero-order chi connectivity index (χ0) is 17.1. The molecule has 3 aromatic rings. The van der Waals surface area contributed by atoms with Gasteiger partial charge >= 0.3 is 0 Å². The van der Waals surface area contributed by atoms with Gasteiger partial charge in [0.25, 0.3) is 0 Å². The SMILES string of the molecule is Cc1ccc2c(c1-c1ccc3c(C)cccc3[n+]1C)C1CCC2CC1. The average molecular weight is 328 g/mol. The molecule has 0 unspecified atom stereocenters. The van der Waals surface area contributed by atoms with Crippen molar-refractivity contribution in [3.05, 3.63) is 64.7 Å². The molecule has 3 aliphatic carbocycles. The average Bonchev–Trinajstić information content (AvgIpc) is 2.64. The van der Waals surface area contributed by atoms with Gasteiger partial charge in [-0.2, -0.15) is 4.57 Å². The molecular formula is C24H26N+. The Kier molecular flexibility index (Phi) is 3.28. The lowest BCUT2D eigenvalue weighted by Crippen LogP contribution is -2.33. The van der Waals surface area contributed by atoms with E-state index in [1.807, 2.05) is 0 Å². The fourth-order valence-electron chi connectivity index (χ4n) is 5.40. The van der Waals surface area contributed by atoms with Crippen LogP contribution in [0.25, 0.3) is 22.2 Å². The fourth-order valence-corrected chi connectivity index (χ4v) is 5.40. The minimum atomic E-state index is 0.767. The Morgan fingerprint density at radius 2 is 1.56 bits per heavy atom. The highest BCUT2D eigenvalue weighted by Gasteiger charge is 2.36. The molecule has 1 heterocycles. The minimum absolute atomic E-state index is 0.767. The first-order valence-electron chi connectivity index (χ1n) is 9.67. The van der Waals surface area contributed by atoms with E-state index in [1.54, 1.807) is 11.1 Å². The Morgan fingerprint density at radius 3 is 2.36 bits per heavy atom. The molecule has 6 rings (SSSR count). The van der Waals surface area contributed by atoms with Crippen LogP contribution >= 0.6 is 0 Å². The lowest BCUT2D eigenvalue weighted by molar-refractivity contribution is -0.633. The van der Waals surface area contributed by atoms with Crippen LogP contribution in [0.3, 0.4) is 0 Å². The van der Waals surface area contributed by atoms with Crippen molar-refractivity contribution in [1.82, 2.24) is 0 Å². The molecule has 0 aliphatic heterocycles. The number of hydrogen-bond donors (Lipinski definition) is 0. The predicted octanol–water partition coefficient (Wildman–Crippen LogP) is 5.70. The van der Waals surface area contributed by atoms with Gasteiger partial charge in [0.2, 0.25) is 11.2 Å². The highest BCUT2D eigenvalue weighted by atomic mass is 14.9. The van der Waals surface area contributed by atoms with E-state index in [2.05, 4.69) is 67.9 Å². The summed E-state index contributed by atoms with van der Waals surface area (Å²) >= 11 is 0. The quantitative estimate of drug-likeness (QED) is 0.504. The van der Waals surface area contributed by atoms with Crippen LogP contribution in [0.4, 0.5) is 0 Å². The molecule has 2 aromatic carbocycles. The van der Waals surface area contributed by atoms with E-state index >= 15 is 0 Å². The molecule has 0 spiro atoms. The second kappa shape index (κ2) is 5.42. The standard InChI is InChI=1S/C24H26N/c1-15-5-4-6-21-19(15)13-14-22(25(21)3)23-16(2)7-12-20-17-8-10-18(11-9-17)24(20)23/h4-7,12-14,17-18H,8-11H2,1-3H3/q+1. The highest BCUT2D eigenvalue weighted by Crippen LogP contribution is 2.52. The molecule has 126 valence electrons. The summed E-state index contributed by atoms with van der Waals surface area (Å²) in [6.07, 6.45) is 5.54. The van der Waals surface area contributed by atoms with Gasteiger partial charge < -0.3 is 0 Å². The molecule has 1 aromatic heterocycles. The Balaban J connectivity index is 1.82. The van der Waals surface area contributed by atoms with Gasteiger partial charge in [0.1, 0.15) is 7.05 Å². The van der Waals surface area contributed by atoms with Crippen LogP contribution in [0.15, 0.2) is 42.5 Å². The second-order valence-corrected chi connectivity index (χ2v) is 8.09. The number of nitrogens with zero attached hydrogens (tertiary/aromatic N) is 1. The van der Waals surface area contributed by atoms with Gasteiger partial charge in [-0.1, -0.05) is 24.3 Å². The number of pyridine rings is 1. The number of rotatable bonds is 1. The Morgan fingerprint density at radius 1 is 0.800 bits per heavy atom. The van der Waals surface area contributed by atoms with Gasteiger partial charge in [-0.05, 0) is 79.7 Å². The van der Waals surface area contributed by atoms with Gasteiger partial charge in [-0.3, -0.25) is 0 Å². The third-order valence-corrected chi connectivity index (χ3v) is 6.75. The summed E-state index contributed by atoms with van der Waals surface area (Å²) in [4.78, 5) is 0. The fraction of sp³-hybridized carbons (Fsp3) is 0.375. The smallest absolute Gasteiger partial charge is 0.194 e. The van der Waals surface area contributed by atoms with Crippen LogP contribution in [0, 0.1) is 13.8 Å². The highest BCUT2D eigenvalue weighted by molar-refractivity contribution is 5.82. The predicted molar refractivity (Wildman–Crippen MR) is 104 cm³/mol. The van der Waals surface area contributed by atoms with Crippen LogP contribution in [0.2, 0.25) is 0 Å². The van der Waals surface area contributed by atoms with Crippen molar-refractivity contribution in [2.24, 2.45) is 7.05 Å².